The smallest absolute Gasteiger partial charge is 0.416 e. The van der Waals surface area contributed by atoms with Crippen LogP contribution in [0.1, 0.15) is 34.9 Å². The van der Waals surface area contributed by atoms with Gasteiger partial charge in [0.1, 0.15) is 11.7 Å². The summed E-state index contributed by atoms with van der Waals surface area (Å²) >= 11 is 1.33. The maximum Gasteiger partial charge on any atom is 0.416 e. The van der Waals surface area contributed by atoms with Crippen LogP contribution in [-0.2, 0) is 30.0 Å². The fourth-order valence-corrected chi connectivity index (χ4v) is 6.32. The molecule has 1 aliphatic heterocycles. The van der Waals surface area contributed by atoms with Gasteiger partial charge in [-0.25, -0.2) is 4.79 Å². The number of hydrogen-bond acceptors (Lipinski definition) is 8. The number of benzene rings is 2. The Balaban J connectivity index is 1.82. The normalized spacial score (nSPS) is 21.0. The molecule has 3 aromatic rings. The van der Waals surface area contributed by atoms with Crippen molar-refractivity contribution in [2.24, 2.45) is 11.7 Å². The molecule has 2 heterocycles. The van der Waals surface area contributed by atoms with Gasteiger partial charge in [-0.1, -0.05) is 36.4 Å². The molecule has 0 fully saturated rings. The van der Waals surface area contributed by atoms with E-state index >= 15 is 0 Å². The molecule has 0 radical (unpaired) electrons. The summed E-state index contributed by atoms with van der Waals surface area (Å²) in [5.74, 6) is -5.36. The van der Waals surface area contributed by atoms with Gasteiger partial charge in [-0.3, -0.25) is 14.5 Å². The van der Waals surface area contributed by atoms with Gasteiger partial charge in [0, 0.05) is 22.9 Å². The van der Waals surface area contributed by atoms with Crippen LogP contribution in [0, 0.1) is 5.92 Å². The van der Waals surface area contributed by atoms with Crippen LogP contribution < -0.4 is 10.6 Å². The maximum atomic E-state index is 14.4. The quantitative estimate of drug-likeness (QED) is 0.313. The Bertz CT molecular complexity index is 1560. The molecule has 1 aliphatic carbocycles. The maximum absolute atomic E-state index is 14.4. The lowest BCUT2D eigenvalue weighted by Gasteiger charge is -2.44. The second-order valence-electron chi connectivity index (χ2n) is 9.61. The Kier molecular flexibility index (Phi) is 7.48. The largest absolute Gasteiger partial charge is 0.468 e. The molecule has 0 unspecified atom stereocenters. The fraction of sp³-hybridized carbons (Fsp3) is 0.233. The molecule has 5 rings (SSSR count). The summed E-state index contributed by atoms with van der Waals surface area (Å²) in [6.45, 7) is 0. The Hall–Kier alpha value is -4.38. The van der Waals surface area contributed by atoms with Gasteiger partial charge >= 0.3 is 18.1 Å². The highest BCUT2D eigenvalue weighted by Crippen LogP contribution is 2.52. The molecular weight excluding hydrogens is 557 g/mol. The molecule has 41 heavy (non-hydrogen) atoms. The van der Waals surface area contributed by atoms with E-state index in [1.54, 1.807) is 47.2 Å². The molecule has 0 bridgehead atoms. The van der Waals surface area contributed by atoms with Crippen molar-refractivity contribution in [3.05, 3.63) is 111 Å². The first-order chi connectivity index (χ1) is 19.6. The zero-order chi connectivity index (χ0) is 29.5. The number of methoxy groups -OCH3 is 2. The summed E-state index contributed by atoms with van der Waals surface area (Å²) in [7, 11) is 2.34. The SMILES string of the molecule is COC(=O)C1=C(N)N(c2cccc(C(F)(F)F)c2)C2=C(C(=O)[C@H](C(=O)OC)[C@@H](c3ccccc3)C2)[C@@H]1c1ccsc1. The van der Waals surface area contributed by atoms with Gasteiger partial charge in [-0.2, -0.15) is 24.5 Å². The van der Waals surface area contributed by atoms with Crippen LogP contribution in [-0.4, -0.2) is 31.9 Å². The number of esters is 2. The standard InChI is InChI=1S/C30H25F3N2O5S/c1-39-28(37)23-20(16-7-4-3-5-8-16)14-21-24(26(23)36)22(17-11-12-41-15-17)25(29(38)40-2)27(34)35(21)19-10-6-9-18(13-19)30(31,32)33/h3-13,15,20,22-23H,14,34H2,1-2H3/t20-,22+,23-/m1/s1. The van der Waals surface area contributed by atoms with E-state index < -0.39 is 47.2 Å². The third-order valence-corrected chi connectivity index (χ3v) is 8.14. The number of nitrogens with zero attached hydrogens (tertiary/aromatic N) is 1. The van der Waals surface area contributed by atoms with Gasteiger partial charge in [0.25, 0.3) is 0 Å². The van der Waals surface area contributed by atoms with Crippen molar-refractivity contribution in [3.63, 3.8) is 0 Å². The number of carbonyl (C=O) groups excluding carboxylic acids is 3. The second-order valence-corrected chi connectivity index (χ2v) is 10.4. The molecule has 3 atom stereocenters. The summed E-state index contributed by atoms with van der Waals surface area (Å²) in [5.41, 5.74) is 7.20. The monoisotopic (exact) mass is 582 g/mol. The Morgan fingerprint density at radius 2 is 1.73 bits per heavy atom. The van der Waals surface area contributed by atoms with E-state index in [4.69, 9.17) is 15.2 Å². The Labute approximate surface area is 237 Å². The molecule has 212 valence electrons. The number of anilines is 1. The number of carbonyl (C=O) groups is 3. The number of allylic oxidation sites excluding steroid dienone is 2. The summed E-state index contributed by atoms with van der Waals surface area (Å²) in [4.78, 5) is 42.1. The topological polar surface area (TPSA) is 98.9 Å². The average Bonchev–Trinajstić information content (AvgIpc) is 3.50. The molecule has 7 nitrogen and oxygen atoms in total. The number of ether oxygens (including phenoxy) is 2. The van der Waals surface area contributed by atoms with Crippen molar-refractivity contribution in [3.8, 4) is 0 Å². The highest BCUT2D eigenvalue weighted by atomic mass is 32.1. The van der Waals surface area contributed by atoms with Crippen LogP contribution in [0.25, 0.3) is 0 Å². The first-order valence-electron chi connectivity index (χ1n) is 12.6. The number of rotatable bonds is 5. The zero-order valence-electron chi connectivity index (χ0n) is 22.0. The number of halogens is 3. The van der Waals surface area contributed by atoms with Gasteiger partial charge in [-0.05, 0) is 52.6 Å². The summed E-state index contributed by atoms with van der Waals surface area (Å²) in [6.07, 6.45) is -4.60. The van der Waals surface area contributed by atoms with Crippen molar-refractivity contribution in [2.45, 2.75) is 24.4 Å². The number of ketones is 1. The first-order valence-corrected chi connectivity index (χ1v) is 13.5. The highest BCUT2D eigenvalue weighted by Gasteiger charge is 2.51. The molecule has 2 aromatic carbocycles. The number of thiophene rings is 1. The van der Waals surface area contributed by atoms with Crippen LogP contribution in [0.5, 0.6) is 0 Å². The van der Waals surface area contributed by atoms with Crippen LogP contribution in [0.4, 0.5) is 18.9 Å². The van der Waals surface area contributed by atoms with E-state index in [0.29, 0.717) is 16.8 Å². The molecule has 0 spiro atoms. The summed E-state index contributed by atoms with van der Waals surface area (Å²) < 4.78 is 51.3. The van der Waals surface area contributed by atoms with E-state index in [1.165, 1.54) is 35.5 Å². The van der Waals surface area contributed by atoms with E-state index in [1.807, 2.05) is 0 Å². The minimum absolute atomic E-state index is 0.00567. The van der Waals surface area contributed by atoms with E-state index in [-0.39, 0.29) is 29.1 Å². The van der Waals surface area contributed by atoms with Gasteiger partial charge in [0.05, 0.1) is 31.3 Å². The lowest BCUT2D eigenvalue weighted by Crippen LogP contribution is -2.46. The number of nitrogens with two attached hydrogens (primary N) is 1. The van der Waals surface area contributed by atoms with Gasteiger partial charge < -0.3 is 15.2 Å². The Morgan fingerprint density at radius 1 is 1.00 bits per heavy atom. The molecule has 0 amide bonds. The molecule has 2 aliphatic rings. The predicted octanol–water partition coefficient (Wildman–Crippen LogP) is 5.51. The van der Waals surface area contributed by atoms with Crippen molar-refractivity contribution >= 4 is 34.7 Å². The molecule has 2 N–H and O–H groups in total. The zero-order valence-corrected chi connectivity index (χ0v) is 22.8. The third kappa shape index (κ3) is 4.90. The van der Waals surface area contributed by atoms with E-state index in [9.17, 15) is 27.6 Å². The summed E-state index contributed by atoms with van der Waals surface area (Å²) in [6, 6.07) is 15.1. The van der Waals surface area contributed by atoms with Gasteiger partial charge in [0.15, 0.2) is 5.78 Å². The minimum atomic E-state index is -4.66. The predicted molar refractivity (Wildman–Crippen MR) is 146 cm³/mol. The van der Waals surface area contributed by atoms with Crippen LogP contribution in [0.15, 0.2) is 94.1 Å². The van der Waals surface area contributed by atoms with Crippen molar-refractivity contribution in [1.82, 2.24) is 0 Å². The van der Waals surface area contributed by atoms with Crippen LogP contribution in [0.3, 0.4) is 0 Å². The molecule has 0 saturated heterocycles. The number of alkyl halides is 3. The van der Waals surface area contributed by atoms with E-state index in [2.05, 4.69) is 0 Å². The van der Waals surface area contributed by atoms with Crippen LogP contribution >= 0.6 is 11.3 Å². The molecule has 1 aromatic heterocycles. The Morgan fingerprint density at radius 3 is 2.34 bits per heavy atom. The summed E-state index contributed by atoms with van der Waals surface area (Å²) in [5, 5.41) is 3.51. The minimum Gasteiger partial charge on any atom is -0.468 e. The number of Topliss-reactive ketones (excluding diaryl/α,β-unsaturated/α-hetero) is 1. The van der Waals surface area contributed by atoms with Gasteiger partial charge in [-0.15, -0.1) is 0 Å². The molecule has 0 saturated carbocycles. The lowest BCUT2D eigenvalue weighted by molar-refractivity contribution is -0.150. The van der Waals surface area contributed by atoms with Gasteiger partial charge in [0.2, 0.25) is 0 Å². The van der Waals surface area contributed by atoms with E-state index in [0.717, 1.165) is 19.2 Å². The second kappa shape index (κ2) is 10.9. The average molecular weight is 583 g/mol. The van der Waals surface area contributed by atoms with Crippen molar-refractivity contribution in [1.29, 1.82) is 0 Å². The lowest BCUT2D eigenvalue weighted by atomic mass is 9.67. The highest BCUT2D eigenvalue weighted by molar-refractivity contribution is 7.08. The number of hydrogen-bond donors (Lipinski definition) is 1. The van der Waals surface area contributed by atoms with Crippen molar-refractivity contribution < 1.29 is 37.0 Å². The third-order valence-electron chi connectivity index (χ3n) is 7.43. The van der Waals surface area contributed by atoms with Crippen LogP contribution in [0.2, 0.25) is 0 Å². The molecule has 11 heteroatoms. The first kappa shape index (κ1) is 28.2. The van der Waals surface area contributed by atoms with Crippen molar-refractivity contribution in [2.75, 3.05) is 19.1 Å². The molecular formula is C30H25F3N2O5S. The fourth-order valence-electron chi connectivity index (χ4n) is 5.64.